The molecule has 1 heterocycles. The van der Waals surface area contributed by atoms with E-state index >= 15 is 0 Å². The van der Waals surface area contributed by atoms with Crippen LogP contribution in [0.4, 0.5) is 5.69 Å². The molecule has 2 aromatic carbocycles. The Morgan fingerprint density at radius 2 is 1.74 bits per heavy atom. The third-order valence-corrected chi connectivity index (χ3v) is 3.14. The molecule has 0 bridgehead atoms. The Labute approximate surface area is 112 Å². The van der Waals surface area contributed by atoms with Crippen LogP contribution in [0.25, 0.3) is 5.70 Å². The molecule has 0 unspecified atom stereocenters. The van der Waals surface area contributed by atoms with Crippen LogP contribution in [0.2, 0.25) is 0 Å². The number of para-hydroxylation sites is 1. The molecule has 3 nitrogen and oxygen atoms in total. The highest BCUT2D eigenvalue weighted by Crippen LogP contribution is 2.30. The molecule has 0 fully saturated rings. The van der Waals surface area contributed by atoms with Gasteiger partial charge < -0.3 is 14.4 Å². The van der Waals surface area contributed by atoms with Crippen molar-refractivity contribution in [2.24, 2.45) is 0 Å². The Balaban J connectivity index is 1.90. The van der Waals surface area contributed by atoms with Crippen molar-refractivity contribution in [3.8, 4) is 5.75 Å². The Hall–Kier alpha value is -2.42. The number of hydrogen-bond donors (Lipinski definition) is 0. The smallest absolute Gasteiger partial charge is 0.165 e. The molecule has 0 atom stereocenters. The van der Waals surface area contributed by atoms with Gasteiger partial charge in [0.05, 0.1) is 12.8 Å². The normalized spacial score (nSPS) is 13.9. The van der Waals surface area contributed by atoms with Crippen LogP contribution in [-0.2, 0) is 4.74 Å². The van der Waals surface area contributed by atoms with E-state index in [-0.39, 0.29) is 0 Å². The summed E-state index contributed by atoms with van der Waals surface area (Å²) in [4.78, 5) is 2.14. The molecular weight excluding hydrogens is 238 g/mol. The minimum Gasteiger partial charge on any atom is -0.497 e. The second kappa shape index (κ2) is 5.06. The van der Waals surface area contributed by atoms with E-state index in [1.54, 1.807) is 13.4 Å². The molecule has 0 saturated heterocycles. The van der Waals surface area contributed by atoms with Crippen molar-refractivity contribution in [3.05, 3.63) is 66.4 Å². The SMILES string of the molecule is COc1ccc(C2=COCN2c2ccccc2)cc1. The summed E-state index contributed by atoms with van der Waals surface area (Å²) in [5, 5.41) is 0. The Bertz CT molecular complexity index is 575. The van der Waals surface area contributed by atoms with Crippen LogP contribution in [0.5, 0.6) is 5.75 Å². The highest BCUT2D eigenvalue weighted by Gasteiger charge is 2.19. The van der Waals surface area contributed by atoms with E-state index in [0.29, 0.717) is 6.73 Å². The molecular formula is C16H15NO2. The summed E-state index contributed by atoms with van der Waals surface area (Å²) in [6.45, 7) is 0.547. The third-order valence-electron chi connectivity index (χ3n) is 3.14. The number of rotatable bonds is 3. The quantitative estimate of drug-likeness (QED) is 0.835. The van der Waals surface area contributed by atoms with Crippen LogP contribution in [0.1, 0.15) is 5.56 Å². The summed E-state index contributed by atoms with van der Waals surface area (Å²) < 4.78 is 10.6. The molecule has 0 spiro atoms. The number of ether oxygens (including phenoxy) is 2. The van der Waals surface area contributed by atoms with Gasteiger partial charge in [0, 0.05) is 11.3 Å². The summed E-state index contributed by atoms with van der Waals surface area (Å²) in [6, 6.07) is 18.2. The maximum atomic E-state index is 5.47. The Morgan fingerprint density at radius 1 is 1.00 bits per heavy atom. The predicted molar refractivity (Wildman–Crippen MR) is 75.8 cm³/mol. The summed E-state index contributed by atoms with van der Waals surface area (Å²) in [7, 11) is 1.67. The van der Waals surface area contributed by atoms with Crippen molar-refractivity contribution in [2.75, 3.05) is 18.7 Å². The number of anilines is 1. The summed E-state index contributed by atoms with van der Waals surface area (Å²) in [5.41, 5.74) is 3.30. The lowest BCUT2D eigenvalue weighted by Crippen LogP contribution is -2.18. The van der Waals surface area contributed by atoms with Gasteiger partial charge in [-0.15, -0.1) is 0 Å². The Morgan fingerprint density at radius 3 is 2.42 bits per heavy atom. The molecule has 0 amide bonds. The predicted octanol–water partition coefficient (Wildman–Crippen LogP) is 3.49. The maximum absolute atomic E-state index is 5.47. The van der Waals surface area contributed by atoms with E-state index in [1.165, 1.54) is 0 Å². The van der Waals surface area contributed by atoms with E-state index in [9.17, 15) is 0 Å². The van der Waals surface area contributed by atoms with Crippen LogP contribution in [0.15, 0.2) is 60.9 Å². The van der Waals surface area contributed by atoms with E-state index in [0.717, 1.165) is 22.7 Å². The first-order chi connectivity index (χ1) is 9.38. The van der Waals surface area contributed by atoms with Gasteiger partial charge in [-0.3, -0.25) is 0 Å². The van der Waals surface area contributed by atoms with Crippen LogP contribution >= 0.6 is 0 Å². The first-order valence-corrected chi connectivity index (χ1v) is 6.17. The minimum absolute atomic E-state index is 0.547. The van der Waals surface area contributed by atoms with Crippen LogP contribution in [-0.4, -0.2) is 13.8 Å². The lowest BCUT2D eigenvalue weighted by atomic mass is 10.1. The topological polar surface area (TPSA) is 21.7 Å². The van der Waals surface area contributed by atoms with Crippen LogP contribution in [0, 0.1) is 0 Å². The molecule has 0 N–H and O–H groups in total. The second-order valence-electron chi connectivity index (χ2n) is 4.29. The van der Waals surface area contributed by atoms with Crippen molar-refractivity contribution >= 4 is 11.4 Å². The van der Waals surface area contributed by atoms with E-state index in [4.69, 9.17) is 9.47 Å². The fourth-order valence-corrected chi connectivity index (χ4v) is 2.13. The zero-order chi connectivity index (χ0) is 13.1. The average Bonchev–Trinajstić information content (AvgIpc) is 2.98. The first kappa shape index (κ1) is 11.7. The van der Waals surface area contributed by atoms with Crippen molar-refractivity contribution in [2.45, 2.75) is 0 Å². The summed E-state index contributed by atoms with van der Waals surface area (Å²) in [5.74, 6) is 0.856. The summed E-state index contributed by atoms with van der Waals surface area (Å²) in [6.07, 6.45) is 1.80. The van der Waals surface area contributed by atoms with Gasteiger partial charge in [0.2, 0.25) is 0 Å². The number of nitrogens with zero attached hydrogens (tertiary/aromatic N) is 1. The number of hydrogen-bond acceptors (Lipinski definition) is 3. The Kier molecular flexibility index (Phi) is 3.11. The molecule has 0 saturated carbocycles. The van der Waals surface area contributed by atoms with Gasteiger partial charge in [0.15, 0.2) is 6.73 Å². The zero-order valence-corrected chi connectivity index (χ0v) is 10.7. The molecule has 1 aliphatic rings. The van der Waals surface area contributed by atoms with Gasteiger partial charge >= 0.3 is 0 Å². The van der Waals surface area contributed by atoms with Crippen molar-refractivity contribution in [1.29, 1.82) is 0 Å². The summed E-state index contributed by atoms with van der Waals surface area (Å²) >= 11 is 0. The van der Waals surface area contributed by atoms with Gasteiger partial charge in [0.25, 0.3) is 0 Å². The lowest BCUT2D eigenvalue weighted by molar-refractivity contribution is 0.282. The fraction of sp³-hybridized carbons (Fsp3) is 0.125. The van der Waals surface area contributed by atoms with E-state index in [1.807, 2.05) is 42.5 Å². The van der Waals surface area contributed by atoms with E-state index < -0.39 is 0 Å². The van der Waals surface area contributed by atoms with Crippen molar-refractivity contribution < 1.29 is 9.47 Å². The van der Waals surface area contributed by atoms with Gasteiger partial charge in [0.1, 0.15) is 12.0 Å². The molecule has 0 aliphatic carbocycles. The number of methoxy groups -OCH3 is 1. The average molecular weight is 253 g/mol. The molecule has 3 heteroatoms. The zero-order valence-electron chi connectivity index (χ0n) is 10.7. The monoisotopic (exact) mass is 253 g/mol. The molecule has 96 valence electrons. The van der Waals surface area contributed by atoms with Crippen LogP contribution in [0.3, 0.4) is 0 Å². The minimum atomic E-state index is 0.547. The van der Waals surface area contributed by atoms with Gasteiger partial charge in [-0.1, -0.05) is 18.2 Å². The molecule has 3 rings (SSSR count). The molecule has 1 aliphatic heterocycles. The van der Waals surface area contributed by atoms with Gasteiger partial charge in [-0.25, -0.2) is 0 Å². The standard InChI is InChI=1S/C16H15NO2/c1-18-15-9-7-13(8-10-15)16-11-19-12-17(16)14-5-3-2-4-6-14/h2-11H,12H2,1H3. The van der Waals surface area contributed by atoms with E-state index in [2.05, 4.69) is 17.0 Å². The number of benzene rings is 2. The van der Waals surface area contributed by atoms with Crippen molar-refractivity contribution in [1.82, 2.24) is 0 Å². The molecule has 19 heavy (non-hydrogen) atoms. The van der Waals surface area contributed by atoms with Crippen molar-refractivity contribution in [3.63, 3.8) is 0 Å². The highest BCUT2D eigenvalue weighted by molar-refractivity contribution is 5.80. The molecule has 2 aromatic rings. The van der Waals surface area contributed by atoms with Crippen LogP contribution < -0.4 is 9.64 Å². The largest absolute Gasteiger partial charge is 0.497 e. The first-order valence-electron chi connectivity index (χ1n) is 6.17. The third kappa shape index (κ3) is 2.27. The maximum Gasteiger partial charge on any atom is 0.165 e. The second-order valence-corrected chi connectivity index (χ2v) is 4.29. The highest BCUT2D eigenvalue weighted by atomic mass is 16.5. The van der Waals surface area contributed by atoms with Gasteiger partial charge in [-0.05, 0) is 36.4 Å². The van der Waals surface area contributed by atoms with Gasteiger partial charge in [-0.2, -0.15) is 0 Å². The molecule has 0 radical (unpaired) electrons. The lowest BCUT2D eigenvalue weighted by Gasteiger charge is -2.20. The molecule has 0 aromatic heterocycles. The fourth-order valence-electron chi connectivity index (χ4n) is 2.13.